The number of ether oxygens (including phenoxy) is 3. The van der Waals surface area contributed by atoms with Crippen LogP contribution in [0.5, 0.6) is 11.5 Å². The summed E-state index contributed by atoms with van der Waals surface area (Å²) in [5.41, 5.74) is 0.419. The minimum atomic E-state index is -1.31. The third-order valence-electron chi connectivity index (χ3n) is 4.02. The van der Waals surface area contributed by atoms with Crippen LogP contribution in [0.3, 0.4) is 0 Å². The van der Waals surface area contributed by atoms with Crippen molar-refractivity contribution in [2.75, 3.05) is 14.2 Å². The maximum absolute atomic E-state index is 12.5. The second-order valence-electron chi connectivity index (χ2n) is 5.94. The minimum Gasteiger partial charge on any atom is -0.497 e. The Bertz CT molecular complexity index is 793. The van der Waals surface area contributed by atoms with Crippen molar-refractivity contribution in [3.63, 3.8) is 0 Å². The molecule has 2 N–H and O–H groups in total. The number of hydrogen-bond donors (Lipinski definition) is 2. The molecule has 3 unspecified atom stereocenters. The first-order chi connectivity index (χ1) is 13.3. The molecule has 2 aromatic rings. The van der Waals surface area contributed by atoms with E-state index in [9.17, 15) is 14.7 Å². The summed E-state index contributed by atoms with van der Waals surface area (Å²) >= 11 is 5.82. The largest absolute Gasteiger partial charge is 0.497 e. The van der Waals surface area contributed by atoms with Crippen molar-refractivity contribution in [2.24, 2.45) is 0 Å². The molecule has 28 heavy (non-hydrogen) atoms. The van der Waals surface area contributed by atoms with Gasteiger partial charge in [0.15, 0.2) is 12.1 Å². The average molecular weight is 408 g/mol. The molecule has 0 radical (unpaired) electrons. The summed E-state index contributed by atoms with van der Waals surface area (Å²) in [5.74, 6) is -0.328. The molecule has 150 valence electrons. The molecule has 7 nitrogen and oxygen atoms in total. The molecule has 0 aromatic heterocycles. The highest BCUT2D eigenvalue weighted by Crippen LogP contribution is 2.22. The normalized spacial score (nSPS) is 13.8. The number of halogens is 1. The first-order valence-corrected chi connectivity index (χ1v) is 8.86. The van der Waals surface area contributed by atoms with E-state index in [1.165, 1.54) is 21.1 Å². The number of hydrogen-bond acceptors (Lipinski definition) is 6. The Morgan fingerprint density at radius 3 is 2.11 bits per heavy atom. The molecule has 0 bridgehead atoms. The zero-order chi connectivity index (χ0) is 20.7. The number of rotatable bonds is 8. The topological polar surface area (TPSA) is 94.1 Å². The smallest absolute Gasteiger partial charge is 0.331 e. The first kappa shape index (κ1) is 21.5. The molecule has 0 saturated carbocycles. The monoisotopic (exact) mass is 407 g/mol. The van der Waals surface area contributed by atoms with E-state index >= 15 is 0 Å². The Hall–Kier alpha value is -2.77. The van der Waals surface area contributed by atoms with E-state index < -0.39 is 30.1 Å². The molecule has 1 amide bonds. The summed E-state index contributed by atoms with van der Waals surface area (Å²) < 4.78 is 15.3. The van der Waals surface area contributed by atoms with Crippen molar-refractivity contribution < 1.29 is 28.9 Å². The van der Waals surface area contributed by atoms with Gasteiger partial charge in [-0.3, -0.25) is 4.79 Å². The SMILES string of the molecule is COC(=O)C(NC(=O)C(C)Oc1ccc(Cl)cc1)C(O)c1ccc(OC)cc1. The van der Waals surface area contributed by atoms with Crippen LogP contribution in [0.2, 0.25) is 5.02 Å². The quantitative estimate of drug-likeness (QED) is 0.653. The minimum absolute atomic E-state index is 0.419. The van der Waals surface area contributed by atoms with Gasteiger partial charge in [0.2, 0.25) is 0 Å². The van der Waals surface area contributed by atoms with Crippen LogP contribution in [0.15, 0.2) is 48.5 Å². The molecule has 0 fully saturated rings. The second-order valence-corrected chi connectivity index (χ2v) is 6.38. The molecule has 0 aliphatic heterocycles. The molecular weight excluding hydrogens is 386 g/mol. The lowest BCUT2D eigenvalue weighted by molar-refractivity contribution is -0.149. The predicted octanol–water partition coefficient (Wildman–Crippen LogP) is 2.51. The molecule has 2 aromatic carbocycles. The van der Waals surface area contributed by atoms with Gasteiger partial charge in [0.1, 0.15) is 17.6 Å². The van der Waals surface area contributed by atoms with Crippen LogP contribution >= 0.6 is 11.6 Å². The average Bonchev–Trinajstić information content (AvgIpc) is 2.72. The van der Waals surface area contributed by atoms with Crippen LogP contribution in [0.25, 0.3) is 0 Å². The summed E-state index contributed by atoms with van der Waals surface area (Å²) in [6.45, 7) is 1.53. The zero-order valence-electron chi connectivity index (χ0n) is 15.7. The number of amides is 1. The van der Waals surface area contributed by atoms with E-state index in [4.69, 9.17) is 25.8 Å². The van der Waals surface area contributed by atoms with Gasteiger partial charge in [-0.2, -0.15) is 0 Å². The lowest BCUT2D eigenvalue weighted by Gasteiger charge is -2.24. The van der Waals surface area contributed by atoms with Crippen LogP contribution in [0.4, 0.5) is 0 Å². The van der Waals surface area contributed by atoms with E-state index in [-0.39, 0.29) is 0 Å². The van der Waals surface area contributed by atoms with E-state index in [1.807, 2.05) is 0 Å². The van der Waals surface area contributed by atoms with Crippen molar-refractivity contribution in [3.05, 3.63) is 59.1 Å². The Morgan fingerprint density at radius 2 is 1.57 bits per heavy atom. The van der Waals surface area contributed by atoms with Gasteiger partial charge in [0, 0.05) is 5.02 Å². The van der Waals surface area contributed by atoms with Gasteiger partial charge in [0.25, 0.3) is 5.91 Å². The fraction of sp³-hybridized carbons (Fsp3) is 0.300. The standard InChI is InChI=1S/C20H22ClNO6/c1-12(28-16-10-6-14(21)7-11-16)19(24)22-17(20(25)27-3)18(23)13-4-8-15(26-2)9-5-13/h4-12,17-18,23H,1-3H3,(H,22,24). The molecule has 2 rings (SSSR count). The Balaban J connectivity index is 2.10. The van der Waals surface area contributed by atoms with Crippen molar-refractivity contribution >= 4 is 23.5 Å². The fourth-order valence-electron chi connectivity index (χ4n) is 2.43. The molecule has 0 saturated heterocycles. The van der Waals surface area contributed by atoms with Gasteiger partial charge in [-0.05, 0) is 48.9 Å². The van der Waals surface area contributed by atoms with Gasteiger partial charge in [0.05, 0.1) is 14.2 Å². The molecule has 3 atom stereocenters. The summed E-state index contributed by atoms with van der Waals surface area (Å²) in [6.07, 6.45) is -2.23. The summed E-state index contributed by atoms with van der Waals surface area (Å²) in [7, 11) is 2.70. The molecule has 0 heterocycles. The Labute approximate surface area is 168 Å². The number of carbonyl (C=O) groups is 2. The first-order valence-electron chi connectivity index (χ1n) is 8.48. The predicted molar refractivity (Wildman–Crippen MR) is 103 cm³/mol. The van der Waals surface area contributed by atoms with Gasteiger partial charge in [-0.15, -0.1) is 0 Å². The Kier molecular flexibility index (Phi) is 7.66. The van der Waals surface area contributed by atoms with Crippen LogP contribution in [0.1, 0.15) is 18.6 Å². The van der Waals surface area contributed by atoms with E-state index in [0.29, 0.717) is 22.1 Å². The number of carbonyl (C=O) groups excluding carboxylic acids is 2. The number of aliphatic hydroxyl groups excluding tert-OH is 1. The number of methoxy groups -OCH3 is 2. The molecule has 0 aliphatic carbocycles. The van der Waals surface area contributed by atoms with Crippen LogP contribution in [-0.4, -0.2) is 43.3 Å². The third-order valence-corrected chi connectivity index (χ3v) is 4.27. The molecule has 0 spiro atoms. The highest BCUT2D eigenvalue weighted by Gasteiger charge is 2.32. The lowest BCUT2D eigenvalue weighted by Crippen LogP contribution is -2.49. The van der Waals surface area contributed by atoms with Crippen molar-refractivity contribution in [3.8, 4) is 11.5 Å². The highest BCUT2D eigenvalue weighted by molar-refractivity contribution is 6.30. The van der Waals surface area contributed by atoms with Gasteiger partial charge in [-0.1, -0.05) is 23.7 Å². The van der Waals surface area contributed by atoms with Crippen LogP contribution in [0, 0.1) is 0 Å². The van der Waals surface area contributed by atoms with E-state index in [0.717, 1.165) is 0 Å². The fourth-order valence-corrected chi connectivity index (χ4v) is 2.55. The summed E-state index contributed by atoms with van der Waals surface area (Å²) in [5, 5.41) is 13.6. The second kappa shape index (κ2) is 9.96. The van der Waals surface area contributed by atoms with Crippen molar-refractivity contribution in [1.82, 2.24) is 5.32 Å². The van der Waals surface area contributed by atoms with Crippen molar-refractivity contribution in [2.45, 2.75) is 25.2 Å². The Morgan fingerprint density at radius 1 is 1.00 bits per heavy atom. The number of benzene rings is 2. The van der Waals surface area contributed by atoms with Gasteiger partial charge >= 0.3 is 5.97 Å². The zero-order valence-corrected chi connectivity index (χ0v) is 16.5. The third kappa shape index (κ3) is 5.61. The summed E-state index contributed by atoms with van der Waals surface area (Å²) in [6, 6.07) is 11.7. The van der Waals surface area contributed by atoms with E-state index in [2.05, 4.69) is 5.32 Å². The molecular formula is C20H22ClNO6. The summed E-state index contributed by atoms with van der Waals surface area (Å²) in [4.78, 5) is 24.6. The molecule has 8 heteroatoms. The van der Waals surface area contributed by atoms with Gasteiger partial charge < -0.3 is 24.6 Å². The number of esters is 1. The van der Waals surface area contributed by atoms with Gasteiger partial charge in [-0.25, -0.2) is 4.79 Å². The maximum atomic E-state index is 12.5. The highest BCUT2D eigenvalue weighted by atomic mass is 35.5. The lowest BCUT2D eigenvalue weighted by atomic mass is 10.0. The van der Waals surface area contributed by atoms with Crippen LogP contribution in [-0.2, 0) is 14.3 Å². The van der Waals surface area contributed by atoms with Crippen molar-refractivity contribution in [1.29, 1.82) is 0 Å². The van der Waals surface area contributed by atoms with E-state index in [1.54, 1.807) is 48.5 Å². The maximum Gasteiger partial charge on any atom is 0.331 e. The molecule has 0 aliphatic rings. The number of nitrogens with one attached hydrogen (secondary N) is 1. The number of aliphatic hydroxyl groups is 1. The van der Waals surface area contributed by atoms with Crippen LogP contribution < -0.4 is 14.8 Å².